The molecule has 2 aromatic rings. The van der Waals surface area contributed by atoms with Crippen LogP contribution in [-0.2, 0) is 6.54 Å². The molecule has 0 aliphatic carbocycles. The summed E-state index contributed by atoms with van der Waals surface area (Å²) in [6.45, 7) is 0.283. The maximum absolute atomic E-state index is 11.7. The molecule has 0 radical (unpaired) electrons. The molecule has 0 atom stereocenters. The fourth-order valence-electron chi connectivity index (χ4n) is 1.36. The van der Waals surface area contributed by atoms with Gasteiger partial charge in [0, 0.05) is 17.6 Å². The van der Waals surface area contributed by atoms with Gasteiger partial charge in [-0.3, -0.25) is 4.79 Å². The molecule has 1 aromatic carbocycles. The Morgan fingerprint density at radius 3 is 2.58 bits per heavy atom. The summed E-state index contributed by atoms with van der Waals surface area (Å²) in [4.78, 5) is 22.2. The first kappa shape index (κ1) is 13.1. The van der Waals surface area contributed by atoms with Crippen LogP contribution in [0.2, 0.25) is 5.02 Å². The van der Waals surface area contributed by atoms with Gasteiger partial charge in [0.05, 0.1) is 0 Å². The molecule has 7 heteroatoms. The van der Waals surface area contributed by atoms with Crippen molar-refractivity contribution in [2.24, 2.45) is 0 Å². The van der Waals surface area contributed by atoms with E-state index in [0.717, 1.165) is 11.6 Å². The van der Waals surface area contributed by atoms with Crippen molar-refractivity contribution in [3.8, 4) is 0 Å². The van der Waals surface area contributed by atoms with E-state index in [2.05, 4.69) is 15.0 Å². The normalized spacial score (nSPS) is 10.2. The number of halogens is 1. The van der Waals surface area contributed by atoms with Crippen molar-refractivity contribution in [1.82, 2.24) is 10.5 Å². The molecule has 0 aliphatic rings. The van der Waals surface area contributed by atoms with Gasteiger partial charge in [-0.05, 0) is 17.7 Å². The number of hydrogen-bond donors (Lipinski definition) is 2. The first-order chi connectivity index (χ1) is 9.06. The number of benzene rings is 1. The molecule has 1 amide bonds. The lowest BCUT2D eigenvalue weighted by Crippen LogP contribution is -2.23. The van der Waals surface area contributed by atoms with Crippen LogP contribution in [0.4, 0.5) is 0 Å². The summed E-state index contributed by atoms with van der Waals surface area (Å²) in [7, 11) is 0. The van der Waals surface area contributed by atoms with Crippen molar-refractivity contribution in [3.63, 3.8) is 0 Å². The molecule has 0 spiro atoms. The molecule has 98 valence electrons. The molecule has 1 aromatic heterocycles. The summed E-state index contributed by atoms with van der Waals surface area (Å²) < 4.78 is 4.49. The number of carboxylic acid groups (broad SMARTS) is 1. The second kappa shape index (κ2) is 5.53. The average molecular weight is 281 g/mol. The Morgan fingerprint density at radius 1 is 1.32 bits per heavy atom. The van der Waals surface area contributed by atoms with Gasteiger partial charge in [0.25, 0.3) is 5.91 Å². The van der Waals surface area contributed by atoms with E-state index < -0.39 is 11.9 Å². The van der Waals surface area contributed by atoms with Crippen molar-refractivity contribution >= 4 is 23.5 Å². The molecule has 2 N–H and O–H groups in total. The standard InChI is InChI=1S/C12H9ClN2O4/c13-8-3-1-7(2-4-8)6-14-11(16)9-5-10(12(17)18)19-15-9/h1-5H,6H2,(H,14,16)(H,17,18). The smallest absolute Gasteiger partial charge is 0.374 e. The summed E-state index contributed by atoms with van der Waals surface area (Å²) in [5.41, 5.74) is 0.783. The second-order valence-corrected chi connectivity index (χ2v) is 4.13. The van der Waals surface area contributed by atoms with Gasteiger partial charge >= 0.3 is 5.97 Å². The van der Waals surface area contributed by atoms with E-state index in [1.165, 1.54) is 0 Å². The third-order valence-electron chi connectivity index (χ3n) is 2.32. The topological polar surface area (TPSA) is 92.4 Å². The average Bonchev–Trinajstić information content (AvgIpc) is 2.87. The van der Waals surface area contributed by atoms with E-state index in [1.54, 1.807) is 24.3 Å². The number of aromatic nitrogens is 1. The fourth-order valence-corrected chi connectivity index (χ4v) is 1.48. The number of carbonyl (C=O) groups is 2. The van der Waals surface area contributed by atoms with Gasteiger partial charge in [-0.15, -0.1) is 0 Å². The van der Waals surface area contributed by atoms with Gasteiger partial charge in [-0.2, -0.15) is 0 Å². The van der Waals surface area contributed by atoms with Crippen molar-refractivity contribution in [2.75, 3.05) is 0 Å². The Kier molecular flexibility index (Phi) is 3.82. The Morgan fingerprint density at radius 2 is 2.00 bits per heavy atom. The van der Waals surface area contributed by atoms with Gasteiger partial charge in [0.15, 0.2) is 5.69 Å². The molecule has 1 heterocycles. The maximum Gasteiger partial charge on any atom is 0.374 e. The largest absolute Gasteiger partial charge is 0.475 e. The highest BCUT2D eigenvalue weighted by Gasteiger charge is 2.16. The zero-order chi connectivity index (χ0) is 13.8. The number of nitrogens with one attached hydrogen (secondary N) is 1. The summed E-state index contributed by atoms with van der Waals surface area (Å²) in [5.74, 6) is -2.16. The number of carbonyl (C=O) groups excluding carboxylic acids is 1. The minimum absolute atomic E-state index is 0.0774. The SMILES string of the molecule is O=C(NCc1ccc(Cl)cc1)c1cc(C(=O)O)on1. The van der Waals surface area contributed by atoms with E-state index in [0.29, 0.717) is 5.02 Å². The lowest BCUT2D eigenvalue weighted by molar-refractivity contribution is 0.0651. The van der Waals surface area contributed by atoms with Crippen molar-refractivity contribution in [1.29, 1.82) is 0 Å². The molecular weight excluding hydrogens is 272 g/mol. The molecule has 0 bridgehead atoms. The summed E-state index contributed by atoms with van der Waals surface area (Å²) in [6.07, 6.45) is 0. The molecule has 0 aliphatic heterocycles. The lowest BCUT2D eigenvalue weighted by Gasteiger charge is -2.02. The van der Waals surface area contributed by atoms with Crippen LogP contribution < -0.4 is 5.32 Å². The quantitative estimate of drug-likeness (QED) is 0.893. The van der Waals surface area contributed by atoms with Gasteiger partial charge in [-0.25, -0.2) is 4.79 Å². The van der Waals surface area contributed by atoms with E-state index >= 15 is 0 Å². The molecule has 0 unspecified atom stereocenters. The highest BCUT2D eigenvalue weighted by molar-refractivity contribution is 6.30. The summed E-state index contributed by atoms with van der Waals surface area (Å²) >= 11 is 5.74. The number of aromatic carboxylic acids is 1. The maximum atomic E-state index is 11.7. The van der Waals surface area contributed by atoms with Crippen LogP contribution in [0.15, 0.2) is 34.9 Å². The van der Waals surface area contributed by atoms with E-state index in [1.807, 2.05) is 0 Å². The first-order valence-corrected chi connectivity index (χ1v) is 5.66. The first-order valence-electron chi connectivity index (χ1n) is 5.29. The van der Waals surface area contributed by atoms with Crippen molar-refractivity contribution in [2.45, 2.75) is 6.54 Å². The van der Waals surface area contributed by atoms with Crippen LogP contribution in [0.3, 0.4) is 0 Å². The fraction of sp³-hybridized carbons (Fsp3) is 0.0833. The molecular formula is C12H9ClN2O4. The lowest BCUT2D eigenvalue weighted by atomic mass is 10.2. The second-order valence-electron chi connectivity index (χ2n) is 3.69. The Bertz CT molecular complexity index is 606. The van der Waals surface area contributed by atoms with Crippen LogP contribution >= 0.6 is 11.6 Å². The number of nitrogens with zero attached hydrogens (tertiary/aromatic N) is 1. The van der Waals surface area contributed by atoms with Gasteiger partial charge < -0.3 is 14.9 Å². The molecule has 19 heavy (non-hydrogen) atoms. The minimum atomic E-state index is -1.27. The van der Waals surface area contributed by atoms with E-state index in [4.69, 9.17) is 16.7 Å². The van der Waals surface area contributed by atoms with Crippen LogP contribution in [-0.4, -0.2) is 22.1 Å². The van der Waals surface area contributed by atoms with Crippen molar-refractivity contribution in [3.05, 3.63) is 52.4 Å². The minimum Gasteiger partial charge on any atom is -0.475 e. The third kappa shape index (κ3) is 3.32. The predicted molar refractivity (Wildman–Crippen MR) is 66.1 cm³/mol. The summed E-state index contributed by atoms with van der Waals surface area (Å²) in [5, 5.41) is 15.2. The molecule has 0 saturated heterocycles. The summed E-state index contributed by atoms with van der Waals surface area (Å²) in [6, 6.07) is 8.03. The number of hydrogen-bond acceptors (Lipinski definition) is 4. The molecule has 6 nitrogen and oxygen atoms in total. The molecule has 0 fully saturated rings. The molecule has 0 saturated carbocycles. The Labute approximate surface area is 113 Å². The van der Waals surface area contributed by atoms with Crippen LogP contribution in [0.1, 0.15) is 26.6 Å². The Balaban J connectivity index is 1.97. The zero-order valence-electron chi connectivity index (χ0n) is 9.59. The van der Waals surface area contributed by atoms with Crippen LogP contribution in [0, 0.1) is 0 Å². The molecule has 2 rings (SSSR count). The third-order valence-corrected chi connectivity index (χ3v) is 2.57. The number of carboxylic acids is 1. The highest BCUT2D eigenvalue weighted by Crippen LogP contribution is 2.09. The Hall–Kier alpha value is -2.34. The zero-order valence-corrected chi connectivity index (χ0v) is 10.3. The number of amides is 1. The van der Waals surface area contributed by atoms with Gasteiger partial charge in [0.2, 0.25) is 5.76 Å². The van der Waals surface area contributed by atoms with Crippen molar-refractivity contribution < 1.29 is 19.2 Å². The van der Waals surface area contributed by atoms with Crippen LogP contribution in [0.5, 0.6) is 0 Å². The predicted octanol–water partition coefficient (Wildman–Crippen LogP) is 1.96. The van der Waals surface area contributed by atoms with Crippen LogP contribution in [0.25, 0.3) is 0 Å². The highest BCUT2D eigenvalue weighted by atomic mass is 35.5. The monoisotopic (exact) mass is 280 g/mol. The van der Waals surface area contributed by atoms with Gasteiger partial charge in [-0.1, -0.05) is 28.9 Å². The van der Waals surface area contributed by atoms with Gasteiger partial charge in [0.1, 0.15) is 0 Å². The van der Waals surface area contributed by atoms with E-state index in [9.17, 15) is 9.59 Å². The number of rotatable bonds is 4. The van der Waals surface area contributed by atoms with E-state index in [-0.39, 0.29) is 18.0 Å².